The first kappa shape index (κ1) is 8.02. The second kappa shape index (κ2) is 2.44. The molecule has 0 aromatic rings. The molecule has 2 aliphatic rings. The molecule has 1 fully saturated rings. The van der Waals surface area contributed by atoms with Crippen molar-refractivity contribution in [3.05, 3.63) is 35.3 Å². The van der Waals surface area contributed by atoms with E-state index in [-0.39, 0.29) is 6.10 Å². The summed E-state index contributed by atoms with van der Waals surface area (Å²) in [6.07, 6.45) is 4.77. The summed E-state index contributed by atoms with van der Waals surface area (Å²) in [4.78, 5) is 13.5. The fraction of sp³-hybridized carbons (Fsp3) is 0.333. The van der Waals surface area contributed by atoms with Crippen LogP contribution in [0.4, 0.5) is 0 Å². The highest BCUT2D eigenvalue weighted by Crippen LogP contribution is 2.50. The Balaban J connectivity index is 2.08. The van der Waals surface area contributed by atoms with Gasteiger partial charge in [0.2, 0.25) is 0 Å². The highest BCUT2D eigenvalue weighted by atomic mass is 16.6. The molecule has 4 heteroatoms. The lowest BCUT2D eigenvalue weighted by Gasteiger charge is -1.99. The van der Waals surface area contributed by atoms with E-state index >= 15 is 0 Å². The van der Waals surface area contributed by atoms with Crippen molar-refractivity contribution in [2.75, 3.05) is 0 Å². The lowest BCUT2D eigenvalue weighted by atomic mass is 10.1. The largest absolute Gasteiger partial charge is 0.478 e. The lowest BCUT2D eigenvalue weighted by molar-refractivity contribution is -0.131. The zero-order chi connectivity index (χ0) is 9.47. The summed E-state index contributed by atoms with van der Waals surface area (Å²) < 4.78 is 5.25. The van der Waals surface area contributed by atoms with Crippen molar-refractivity contribution in [2.24, 2.45) is 0 Å². The Morgan fingerprint density at radius 2 is 2.69 bits per heavy atom. The third kappa shape index (κ3) is 1.23. The number of epoxide rings is 1. The molecule has 2 atom stereocenters. The van der Waals surface area contributed by atoms with Crippen LogP contribution in [0.15, 0.2) is 23.9 Å². The van der Waals surface area contributed by atoms with Gasteiger partial charge in [-0.1, -0.05) is 6.08 Å². The predicted molar refractivity (Wildman–Crippen MR) is 43.7 cm³/mol. The number of nitrogens with zero attached hydrogens (tertiary/aromatic N) is 1. The monoisotopic (exact) mass is 177 g/mol. The number of rotatable bonds is 2. The molecule has 2 unspecified atom stereocenters. The first-order valence-electron chi connectivity index (χ1n) is 3.84. The molecule has 13 heavy (non-hydrogen) atoms. The number of carboxylic acid groups (broad SMARTS) is 1. The average molecular weight is 177 g/mol. The van der Waals surface area contributed by atoms with E-state index in [0.29, 0.717) is 12.1 Å². The van der Waals surface area contributed by atoms with Gasteiger partial charge in [0.15, 0.2) is 5.70 Å². The Bertz CT molecular complexity index is 364. The molecule has 0 bridgehead atoms. The van der Waals surface area contributed by atoms with E-state index in [9.17, 15) is 4.79 Å². The molecular weight excluding hydrogens is 170 g/mol. The van der Waals surface area contributed by atoms with Crippen LogP contribution >= 0.6 is 0 Å². The number of aliphatic carboxylic acids is 1. The van der Waals surface area contributed by atoms with Gasteiger partial charge in [-0.15, -0.1) is 0 Å². The van der Waals surface area contributed by atoms with Crippen LogP contribution in [0, 0.1) is 6.57 Å². The maximum absolute atomic E-state index is 10.2. The summed E-state index contributed by atoms with van der Waals surface area (Å²) in [5, 5.41) is 8.41. The molecule has 1 aliphatic heterocycles. The molecule has 0 saturated carbocycles. The Hall–Kier alpha value is -1.60. The maximum atomic E-state index is 10.2. The number of fused-ring (bicyclic) bond motifs is 1. The van der Waals surface area contributed by atoms with E-state index in [1.54, 1.807) is 6.08 Å². The van der Waals surface area contributed by atoms with Crippen LogP contribution in [-0.4, -0.2) is 22.8 Å². The number of hydrogen-bond acceptors (Lipinski definition) is 2. The molecule has 1 N–H and O–H groups in total. The Labute approximate surface area is 74.9 Å². The third-order valence-corrected chi connectivity index (χ3v) is 2.22. The fourth-order valence-corrected chi connectivity index (χ4v) is 1.52. The van der Waals surface area contributed by atoms with Crippen molar-refractivity contribution < 1.29 is 14.6 Å². The molecular formula is C9H7NO3. The number of carboxylic acids is 1. The van der Waals surface area contributed by atoms with E-state index in [1.165, 1.54) is 6.08 Å². The highest BCUT2D eigenvalue weighted by Gasteiger charge is 2.57. The van der Waals surface area contributed by atoms with Crippen molar-refractivity contribution in [1.29, 1.82) is 0 Å². The van der Waals surface area contributed by atoms with Crippen LogP contribution in [-0.2, 0) is 9.53 Å². The predicted octanol–water partition coefficient (Wildman–Crippen LogP) is 0.972. The van der Waals surface area contributed by atoms with Crippen LogP contribution in [0.2, 0.25) is 0 Å². The molecule has 0 aromatic heterocycles. The minimum absolute atomic E-state index is 0.0767. The van der Waals surface area contributed by atoms with Crippen molar-refractivity contribution in [2.45, 2.75) is 18.1 Å². The minimum atomic E-state index is -0.986. The molecule has 66 valence electrons. The van der Waals surface area contributed by atoms with Crippen LogP contribution in [0.3, 0.4) is 0 Å². The summed E-state index contributed by atoms with van der Waals surface area (Å²) in [5.74, 6) is -0.986. The van der Waals surface area contributed by atoms with E-state index in [4.69, 9.17) is 16.4 Å². The van der Waals surface area contributed by atoms with E-state index in [1.807, 2.05) is 0 Å². The molecule has 1 aliphatic carbocycles. The van der Waals surface area contributed by atoms with Crippen molar-refractivity contribution >= 4 is 5.97 Å². The van der Waals surface area contributed by atoms with Crippen LogP contribution in [0.25, 0.3) is 4.85 Å². The Morgan fingerprint density at radius 1 is 1.92 bits per heavy atom. The zero-order valence-corrected chi connectivity index (χ0v) is 6.73. The SMILES string of the molecule is [C-]#[N+]C1=CC2OC2(C=CC(=O)O)C1. The van der Waals surface area contributed by atoms with Gasteiger partial charge in [0.25, 0.3) is 0 Å². The quantitative estimate of drug-likeness (QED) is 0.388. The average Bonchev–Trinajstić information content (AvgIpc) is 2.66. The van der Waals surface area contributed by atoms with Gasteiger partial charge in [-0.05, 0) is 6.08 Å². The zero-order valence-electron chi connectivity index (χ0n) is 6.73. The first-order chi connectivity index (χ1) is 6.16. The maximum Gasteiger partial charge on any atom is 0.328 e. The first-order valence-corrected chi connectivity index (χ1v) is 3.84. The topological polar surface area (TPSA) is 54.2 Å². The van der Waals surface area contributed by atoms with Gasteiger partial charge < -0.3 is 9.84 Å². The summed E-state index contributed by atoms with van der Waals surface area (Å²) in [6, 6.07) is 0. The summed E-state index contributed by atoms with van der Waals surface area (Å²) >= 11 is 0. The highest BCUT2D eigenvalue weighted by molar-refractivity contribution is 5.80. The second-order valence-corrected chi connectivity index (χ2v) is 3.11. The molecule has 4 nitrogen and oxygen atoms in total. The van der Waals surface area contributed by atoms with Crippen LogP contribution < -0.4 is 0 Å². The number of ether oxygens (including phenoxy) is 1. The van der Waals surface area contributed by atoms with Gasteiger partial charge in [-0.25, -0.2) is 9.64 Å². The third-order valence-electron chi connectivity index (χ3n) is 2.22. The van der Waals surface area contributed by atoms with E-state index in [0.717, 1.165) is 6.08 Å². The molecule has 0 amide bonds. The molecule has 1 heterocycles. The Morgan fingerprint density at radius 3 is 3.23 bits per heavy atom. The fourth-order valence-electron chi connectivity index (χ4n) is 1.52. The lowest BCUT2D eigenvalue weighted by Crippen LogP contribution is -2.07. The van der Waals surface area contributed by atoms with Crippen molar-refractivity contribution in [3.8, 4) is 0 Å². The normalized spacial score (nSPS) is 35.3. The van der Waals surface area contributed by atoms with Crippen LogP contribution in [0.5, 0.6) is 0 Å². The molecule has 0 radical (unpaired) electrons. The molecule has 0 spiro atoms. The van der Waals surface area contributed by atoms with E-state index in [2.05, 4.69) is 4.85 Å². The van der Waals surface area contributed by atoms with E-state index < -0.39 is 11.6 Å². The minimum Gasteiger partial charge on any atom is -0.478 e. The standard InChI is InChI=1S/C9H7NO3/c1-10-6-4-7-9(5-6,13-7)3-2-8(11)12/h2-4,7H,5H2,(H,11,12). The van der Waals surface area contributed by atoms with Crippen molar-refractivity contribution in [1.82, 2.24) is 0 Å². The molecule has 0 aromatic carbocycles. The number of carbonyl (C=O) groups is 1. The van der Waals surface area contributed by atoms with Gasteiger partial charge in [0.05, 0.1) is 12.7 Å². The van der Waals surface area contributed by atoms with Gasteiger partial charge in [0.1, 0.15) is 5.60 Å². The summed E-state index contributed by atoms with van der Waals surface area (Å²) in [7, 11) is 0. The van der Waals surface area contributed by atoms with Gasteiger partial charge in [0, 0.05) is 12.5 Å². The Kier molecular flexibility index (Phi) is 1.51. The van der Waals surface area contributed by atoms with Crippen molar-refractivity contribution in [3.63, 3.8) is 0 Å². The smallest absolute Gasteiger partial charge is 0.328 e. The molecule has 1 saturated heterocycles. The summed E-state index contributed by atoms with van der Waals surface area (Å²) in [5.41, 5.74) is 0.157. The summed E-state index contributed by atoms with van der Waals surface area (Å²) in [6.45, 7) is 6.77. The van der Waals surface area contributed by atoms with Gasteiger partial charge in [-0.3, -0.25) is 0 Å². The van der Waals surface area contributed by atoms with Gasteiger partial charge >= 0.3 is 5.97 Å². The van der Waals surface area contributed by atoms with Crippen LogP contribution in [0.1, 0.15) is 6.42 Å². The number of hydrogen-bond donors (Lipinski definition) is 1. The molecule has 2 rings (SSSR count). The van der Waals surface area contributed by atoms with Gasteiger partial charge in [-0.2, -0.15) is 0 Å². The second-order valence-electron chi connectivity index (χ2n) is 3.11.